The Morgan fingerprint density at radius 1 is 1.21 bits per heavy atom. The van der Waals surface area contributed by atoms with Crippen LogP contribution in [0.4, 0.5) is 0 Å². The van der Waals surface area contributed by atoms with E-state index in [-0.39, 0.29) is 24.9 Å². The number of methoxy groups -OCH3 is 3. The first kappa shape index (κ1) is 20.0. The van der Waals surface area contributed by atoms with E-state index in [1.165, 1.54) is 25.6 Å². The number of hydrogen-bond donors (Lipinski definition) is 2. The van der Waals surface area contributed by atoms with Crippen molar-refractivity contribution in [2.75, 3.05) is 21.3 Å². The van der Waals surface area contributed by atoms with Gasteiger partial charge in [0.1, 0.15) is 10.7 Å². The van der Waals surface area contributed by atoms with Crippen molar-refractivity contribution in [3.05, 3.63) is 33.8 Å². The third kappa shape index (κ3) is 4.28. The highest BCUT2D eigenvalue weighted by Crippen LogP contribution is 2.39. The van der Waals surface area contributed by atoms with Crippen molar-refractivity contribution in [1.29, 1.82) is 0 Å². The summed E-state index contributed by atoms with van der Waals surface area (Å²) in [7, 11) is 4.62. The number of nitrogens with one attached hydrogen (secondary N) is 1. The molecule has 0 bridgehead atoms. The van der Waals surface area contributed by atoms with Crippen LogP contribution >= 0.6 is 23.7 Å². The van der Waals surface area contributed by atoms with Gasteiger partial charge in [0, 0.05) is 24.0 Å². The smallest absolute Gasteiger partial charge is 0.271 e. The predicted molar refractivity (Wildman–Crippen MR) is 94.5 cm³/mol. The molecule has 0 aliphatic carbocycles. The number of nitrogens with two attached hydrogens (primary N) is 1. The van der Waals surface area contributed by atoms with Gasteiger partial charge in [-0.3, -0.25) is 4.79 Å². The Morgan fingerprint density at radius 3 is 2.46 bits per heavy atom. The Morgan fingerprint density at radius 2 is 1.92 bits per heavy atom. The van der Waals surface area contributed by atoms with Gasteiger partial charge in [0.25, 0.3) is 5.91 Å². The number of aromatic nitrogens is 1. The fraction of sp³-hybridized carbons (Fsp3) is 0.333. The minimum absolute atomic E-state index is 0. The van der Waals surface area contributed by atoms with Crippen LogP contribution in [0, 0.1) is 0 Å². The quantitative estimate of drug-likeness (QED) is 0.770. The molecule has 0 aliphatic heterocycles. The van der Waals surface area contributed by atoms with Crippen molar-refractivity contribution in [2.45, 2.75) is 13.1 Å². The minimum Gasteiger partial charge on any atom is -0.493 e. The maximum absolute atomic E-state index is 12.1. The molecule has 132 valence electrons. The monoisotopic (exact) mass is 373 g/mol. The van der Waals surface area contributed by atoms with Crippen molar-refractivity contribution in [3.63, 3.8) is 0 Å². The number of rotatable bonds is 7. The van der Waals surface area contributed by atoms with Crippen LogP contribution in [0.5, 0.6) is 17.2 Å². The second kappa shape index (κ2) is 9.31. The van der Waals surface area contributed by atoms with Crippen LogP contribution in [0.3, 0.4) is 0 Å². The van der Waals surface area contributed by atoms with Crippen LogP contribution in [-0.4, -0.2) is 32.2 Å². The zero-order chi connectivity index (χ0) is 16.8. The molecule has 9 heteroatoms. The van der Waals surface area contributed by atoms with Gasteiger partial charge in [-0.15, -0.1) is 23.7 Å². The summed E-state index contributed by atoms with van der Waals surface area (Å²) in [5, 5.41) is 5.21. The molecule has 1 amide bonds. The summed E-state index contributed by atoms with van der Waals surface area (Å²) in [4.78, 5) is 16.3. The van der Waals surface area contributed by atoms with E-state index in [4.69, 9.17) is 19.9 Å². The van der Waals surface area contributed by atoms with E-state index in [0.29, 0.717) is 29.5 Å². The highest BCUT2D eigenvalue weighted by Gasteiger charge is 2.17. The van der Waals surface area contributed by atoms with Gasteiger partial charge in [-0.1, -0.05) is 0 Å². The van der Waals surface area contributed by atoms with Crippen LogP contribution in [0.2, 0.25) is 0 Å². The topological polar surface area (TPSA) is 95.7 Å². The molecule has 0 saturated carbocycles. The van der Waals surface area contributed by atoms with Crippen LogP contribution in [0.1, 0.15) is 21.1 Å². The van der Waals surface area contributed by atoms with Gasteiger partial charge in [0.2, 0.25) is 5.75 Å². The van der Waals surface area contributed by atoms with E-state index in [9.17, 15) is 4.79 Å². The normalized spacial score (nSPS) is 9.83. The number of benzene rings is 1. The molecular weight excluding hydrogens is 354 g/mol. The lowest BCUT2D eigenvalue weighted by Gasteiger charge is -2.15. The molecule has 3 N–H and O–H groups in total. The lowest BCUT2D eigenvalue weighted by molar-refractivity contribution is 0.0946. The Kier molecular flexibility index (Phi) is 7.76. The summed E-state index contributed by atoms with van der Waals surface area (Å²) in [5.74, 6) is 1.30. The van der Waals surface area contributed by atoms with E-state index in [1.54, 1.807) is 18.6 Å². The largest absolute Gasteiger partial charge is 0.493 e. The van der Waals surface area contributed by atoms with Crippen molar-refractivity contribution in [1.82, 2.24) is 10.3 Å². The Bertz CT molecular complexity index is 693. The fourth-order valence-corrected chi connectivity index (χ4v) is 2.73. The van der Waals surface area contributed by atoms with Crippen molar-refractivity contribution in [3.8, 4) is 17.2 Å². The highest BCUT2D eigenvalue weighted by molar-refractivity contribution is 7.09. The van der Waals surface area contributed by atoms with Gasteiger partial charge in [0.05, 0.1) is 21.3 Å². The number of thiazole rings is 1. The lowest BCUT2D eigenvalue weighted by atomic mass is 10.1. The molecule has 7 nitrogen and oxygen atoms in total. The molecule has 0 atom stereocenters. The van der Waals surface area contributed by atoms with Gasteiger partial charge >= 0.3 is 0 Å². The first-order valence-electron chi connectivity index (χ1n) is 6.85. The maximum atomic E-state index is 12.1. The molecule has 24 heavy (non-hydrogen) atoms. The number of carbonyl (C=O) groups is 1. The maximum Gasteiger partial charge on any atom is 0.271 e. The summed E-state index contributed by atoms with van der Waals surface area (Å²) in [6.45, 7) is 0.597. The number of ether oxygens (including phenoxy) is 3. The first-order chi connectivity index (χ1) is 11.1. The van der Waals surface area contributed by atoms with Crippen LogP contribution in [0.25, 0.3) is 0 Å². The Balaban J connectivity index is 0.00000288. The zero-order valence-electron chi connectivity index (χ0n) is 13.6. The minimum atomic E-state index is -0.266. The third-order valence-electron chi connectivity index (χ3n) is 3.18. The summed E-state index contributed by atoms with van der Waals surface area (Å²) < 4.78 is 15.9. The second-order valence-electron chi connectivity index (χ2n) is 4.51. The van der Waals surface area contributed by atoms with Gasteiger partial charge in [-0.25, -0.2) is 4.98 Å². The fourth-order valence-electron chi connectivity index (χ4n) is 2.08. The van der Waals surface area contributed by atoms with E-state index >= 15 is 0 Å². The van der Waals surface area contributed by atoms with Gasteiger partial charge in [0.15, 0.2) is 11.5 Å². The number of amides is 1. The van der Waals surface area contributed by atoms with Crippen molar-refractivity contribution in [2.24, 2.45) is 5.73 Å². The third-order valence-corrected chi connectivity index (χ3v) is 4.06. The summed E-state index contributed by atoms with van der Waals surface area (Å²) in [6, 6.07) is 3.57. The van der Waals surface area contributed by atoms with Gasteiger partial charge in [-0.05, 0) is 12.1 Å². The number of hydrogen-bond acceptors (Lipinski definition) is 7. The molecule has 2 aromatic rings. The van der Waals surface area contributed by atoms with E-state index < -0.39 is 0 Å². The summed E-state index contributed by atoms with van der Waals surface area (Å²) >= 11 is 1.36. The average Bonchev–Trinajstić information content (AvgIpc) is 3.07. The SMILES string of the molecule is COc1ccc(CNC(=O)c2csc(CN)n2)c(OC)c1OC.Cl. The predicted octanol–water partition coefficient (Wildman–Crippen LogP) is 1.98. The number of halogens is 1. The second-order valence-corrected chi connectivity index (χ2v) is 5.45. The molecule has 2 rings (SSSR count). The Hall–Kier alpha value is -2.03. The molecule has 1 aromatic carbocycles. The first-order valence-corrected chi connectivity index (χ1v) is 7.73. The lowest BCUT2D eigenvalue weighted by Crippen LogP contribution is -2.23. The zero-order valence-corrected chi connectivity index (χ0v) is 15.3. The average molecular weight is 374 g/mol. The van der Waals surface area contributed by atoms with Gasteiger partial charge < -0.3 is 25.3 Å². The molecule has 0 aliphatic rings. The number of carbonyl (C=O) groups excluding carboxylic acids is 1. The summed E-state index contributed by atoms with van der Waals surface area (Å²) in [6.07, 6.45) is 0. The van der Waals surface area contributed by atoms with Crippen LogP contribution in [-0.2, 0) is 13.1 Å². The molecule has 1 aromatic heterocycles. The summed E-state index contributed by atoms with van der Waals surface area (Å²) in [5.41, 5.74) is 6.63. The van der Waals surface area contributed by atoms with Gasteiger partial charge in [-0.2, -0.15) is 0 Å². The standard InChI is InChI=1S/C15H19N3O4S.ClH/c1-20-11-5-4-9(13(21-2)14(11)22-3)7-17-15(19)10-8-23-12(6-16)18-10;/h4-5,8H,6-7,16H2,1-3H3,(H,17,19);1H. The molecule has 0 radical (unpaired) electrons. The molecular formula is C15H20ClN3O4S. The van der Waals surface area contributed by atoms with Crippen LogP contribution < -0.4 is 25.3 Å². The van der Waals surface area contributed by atoms with E-state index in [2.05, 4.69) is 10.3 Å². The number of nitrogens with zero attached hydrogens (tertiary/aromatic N) is 1. The molecule has 0 spiro atoms. The molecule has 1 heterocycles. The van der Waals surface area contributed by atoms with Crippen LogP contribution in [0.15, 0.2) is 17.5 Å². The molecule has 0 unspecified atom stereocenters. The molecule has 0 saturated heterocycles. The van der Waals surface area contributed by atoms with E-state index in [0.717, 1.165) is 10.6 Å². The van der Waals surface area contributed by atoms with E-state index in [1.807, 2.05) is 6.07 Å². The van der Waals surface area contributed by atoms with Crippen molar-refractivity contribution < 1.29 is 19.0 Å². The highest BCUT2D eigenvalue weighted by atomic mass is 35.5. The Labute approximate surface area is 150 Å². The molecule has 0 fully saturated rings. The van der Waals surface area contributed by atoms with Crippen molar-refractivity contribution >= 4 is 29.7 Å².